The third-order valence-corrected chi connectivity index (χ3v) is 18.5. The first-order chi connectivity index (χ1) is 41.3. The molecule has 2 saturated carbocycles. The van der Waals surface area contributed by atoms with E-state index in [9.17, 15) is 34.3 Å². The molecule has 1 heterocycles. The second-order valence-electron chi connectivity index (χ2n) is 22.7. The topological polar surface area (TPSA) is 258 Å². The van der Waals surface area contributed by atoms with E-state index in [2.05, 4.69) is 5.32 Å². The number of phosphoric ester groups is 1. The van der Waals surface area contributed by atoms with Crippen molar-refractivity contribution >= 4 is 37.6 Å². The molecule has 86 heavy (non-hydrogen) atoms. The molecule has 20 heteroatoms. The van der Waals surface area contributed by atoms with Gasteiger partial charge in [0.05, 0.1) is 43.0 Å². The number of ketones is 1. The van der Waals surface area contributed by atoms with Crippen molar-refractivity contribution in [2.45, 2.75) is 114 Å². The fraction of sp³-hybridized carbons (Fsp3) is 0.348. The van der Waals surface area contributed by atoms with Crippen molar-refractivity contribution < 1.29 is 85.8 Å². The van der Waals surface area contributed by atoms with Crippen molar-refractivity contribution in [3.8, 4) is 0 Å². The molecule has 0 radical (unpaired) electrons. The van der Waals surface area contributed by atoms with E-state index in [0.717, 1.165) is 0 Å². The van der Waals surface area contributed by atoms with Crippen LogP contribution in [0.2, 0.25) is 0 Å². The zero-order valence-corrected chi connectivity index (χ0v) is 48.7. The summed E-state index contributed by atoms with van der Waals surface area (Å²) < 4.78 is 69.0. The highest BCUT2D eigenvalue weighted by molar-refractivity contribution is 7.48. The maximum atomic E-state index is 16.0. The van der Waals surface area contributed by atoms with Crippen LogP contribution in [0, 0.1) is 16.7 Å². The summed E-state index contributed by atoms with van der Waals surface area (Å²) in [5, 5.41) is 43.0. The van der Waals surface area contributed by atoms with E-state index >= 15 is 9.59 Å². The molecule has 6 aromatic carbocycles. The fourth-order valence-electron chi connectivity index (χ4n) is 12.5. The molecule has 19 nitrogen and oxygen atoms in total. The molecule has 450 valence electrons. The SMILES string of the molecule is CC1=C2C(O)C(=O)[C@]3(C)C(OCOP(=O)(OCc4ccccc4)OCc4ccccc4)CC4OC[C@@]4(O)C3C(OC(=O)c3ccccc3)C(O)(CC1OC(=O)C(OC(=O)OCc1ccccc1)C(NC(=O)c1ccccc1)c1ccccc1)C2(C)C. The number of carbonyl (C=O) groups is 5. The number of carbonyl (C=O) groups excluding carboxylic acids is 5. The van der Waals surface area contributed by atoms with Gasteiger partial charge in [-0.05, 0) is 71.5 Å². The van der Waals surface area contributed by atoms with Crippen LogP contribution in [0.1, 0.15) is 89.5 Å². The quantitative estimate of drug-likeness (QED) is 0.0172. The van der Waals surface area contributed by atoms with Gasteiger partial charge in [-0.2, -0.15) is 0 Å². The van der Waals surface area contributed by atoms with Crippen LogP contribution in [0.15, 0.2) is 193 Å². The molecule has 3 aliphatic carbocycles. The van der Waals surface area contributed by atoms with Gasteiger partial charge >= 0.3 is 25.9 Å². The summed E-state index contributed by atoms with van der Waals surface area (Å²) in [7, 11) is -4.51. The standard InChI is InChI=1S/C66H68NO18P/c1-42-49(83-61(72)55(84-62(73)77-37-43-23-11-5-12-24-43)53(46-29-17-8-18-30-46)67-59(70)47-31-19-9-20-32-47)36-66(75)58(85-60(71)48-33-21-10-22-34-48)56-64(4,57(69)54(68)52(42)63(66,2)3)50(35-51-65(56,74)40-78-51)79-41-82-86(76,80-38-44-25-13-6-14-26-44)81-39-45-27-15-7-16-28-45/h5-34,49-51,53-56,58,68,74-75H,35-41H2,1-4H3,(H,67,70)/t49?,50?,51?,53?,54?,55?,56?,58?,64-,65+,66?/m1/s1. The molecular weight excluding hydrogens is 1130 g/mol. The largest absolute Gasteiger partial charge is 0.509 e. The molecule has 3 fully saturated rings. The lowest BCUT2D eigenvalue weighted by Crippen LogP contribution is -2.81. The van der Waals surface area contributed by atoms with Crippen molar-refractivity contribution in [1.29, 1.82) is 0 Å². The smallest absolute Gasteiger partial charge is 0.455 e. The molecule has 10 rings (SSSR count). The molecule has 6 aromatic rings. The van der Waals surface area contributed by atoms with Crippen molar-refractivity contribution in [3.63, 3.8) is 0 Å². The highest BCUT2D eigenvalue weighted by Gasteiger charge is 2.77. The van der Waals surface area contributed by atoms with Gasteiger partial charge in [-0.15, -0.1) is 0 Å². The number of ether oxygens (including phenoxy) is 6. The van der Waals surface area contributed by atoms with E-state index < -0.39 is 128 Å². The zero-order chi connectivity index (χ0) is 60.9. The van der Waals surface area contributed by atoms with E-state index in [4.69, 9.17) is 42.0 Å². The van der Waals surface area contributed by atoms with Crippen LogP contribution in [0.3, 0.4) is 0 Å². The summed E-state index contributed by atoms with van der Waals surface area (Å²) in [6, 6.07) is 49.2. The van der Waals surface area contributed by atoms with Crippen LogP contribution < -0.4 is 5.32 Å². The van der Waals surface area contributed by atoms with E-state index in [1.807, 2.05) is 12.1 Å². The number of nitrogens with one attached hydrogen (secondary N) is 1. The average molecular weight is 1190 g/mol. The van der Waals surface area contributed by atoms with Crippen molar-refractivity contribution in [2.24, 2.45) is 16.7 Å². The Morgan fingerprint density at radius 1 is 0.686 bits per heavy atom. The lowest BCUT2D eigenvalue weighted by molar-refractivity contribution is -0.349. The van der Waals surface area contributed by atoms with Crippen molar-refractivity contribution in [2.75, 3.05) is 13.4 Å². The third-order valence-electron chi connectivity index (χ3n) is 17.2. The van der Waals surface area contributed by atoms with Gasteiger partial charge in [0, 0.05) is 29.7 Å². The number of hydrogen-bond donors (Lipinski definition) is 4. The van der Waals surface area contributed by atoms with Crippen LogP contribution >= 0.6 is 7.82 Å². The molecule has 4 aliphatic rings. The first-order valence-electron chi connectivity index (χ1n) is 28.2. The molecule has 1 aliphatic heterocycles. The Morgan fingerprint density at radius 2 is 1.20 bits per heavy atom. The molecule has 11 atom stereocenters. The second kappa shape index (κ2) is 25.7. The predicted molar refractivity (Wildman–Crippen MR) is 309 cm³/mol. The summed E-state index contributed by atoms with van der Waals surface area (Å²) >= 11 is 0. The minimum absolute atomic E-state index is 0.0329. The van der Waals surface area contributed by atoms with Crippen LogP contribution in [-0.2, 0) is 76.0 Å². The first-order valence-corrected chi connectivity index (χ1v) is 29.7. The molecular formula is C66H68NO18P. The monoisotopic (exact) mass is 1190 g/mol. The number of phosphoric acid groups is 1. The maximum Gasteiger partial charge on any atom is 0.509 e. The van der Waals surface area contributed by atoms with Gasteiger partial charge < -0.3 is 49.1 Å². The van der Waals surface area contributed by atoms with Gasteiger partial charge in [0.25, 0.3) is 5.91 Å². The van der Waals surface area contributed by atoms with E-state index in [1.54, 1.807) is 158 Å². The summed E-state index contributed by atoms with van der Waals surface area (Å²) in [6.07, 6.45) is -12.4. The Hall–Kier alpha value is -7.68. The van der Waals surface area contributed by atoms with Gasteiger partial charge in [-0.1, -0.05) is 172 Å². The van der Waals surface area contributed by atoms with Gasteiger partial charge in [0.15, 0.2) is 12.6 Å². The Bertz CT molecular complexity index is 3400. The van der Waals surface area contributed by atoms with E-state index in [0.29, 0.717) is 22.3 Å². The number of amides is 1. The molecule has 0 aromatic heterocycles. The molecule has 4 N–H and O–H groups in total. The molecule has 0 spiro atoms. The van der Waals surface area contributed by atoms with E-state index in [-0.39, 0.29) is 48.5 Å². The van der Waals surface area contributed by atoms with Crippen LogP contribution in [0.4, 0.5) is 4.79 Å². The Kier molecular flexibility index (Phi) is 18.4. The normalized spacial score (nSPS) is 26.4. The highest BCUT2D eigenvalue weighted by atomic mass is 31.2. The Morgan fingerprint density at radius 3 is 1.73 bits per heavy atom. The minimum atomic E-state index is -4.51. The van der Waals surface area contributed by atoms with Crippen LogP contribution in [0.5, 0.6) is 0 Å². The second-order valence-corrected chi connectivity index (χ2v) is 24.3. The van der Waals surface area contributed by atoms with Crippen LogP contribution in [0.25, 0.3) is 0 Å². The summed E-state index contributed by atoms with van der Waals surface area (Å²) in [4.78, 5) is 74.0. The third kappa shape index (κ3) is 12.5. The van der Waals surface area contributed by atoms with Gasteiger partial charge in [0.2, 0.25) is 6.10 Å². The Labute approximate surface area is 497 Å². The van der Waals surface area contributed by atoms with E-state index in [1.165, 1.54) is 39.8 Å². The Balaban J connectivity index is 1.03. The summed E-state index contributed by atoms with van der Waals surface area (Å²) in [6.45, 7) is 4.10. The molecule has 1 saturated heterocycles. The minimum Gasteiger partial charge on any atom is -0.455 e. The number of Topliss-reactive ketones (excluding diaryl/α,β-unsaturated/α-hetero) is 1. The lowest BCUT2D eigenvalue weighted by Gasteiger charge is -2.67. The number of benzene rings is 6. The predicted octanol–water partition coefficient (Wildman–Crippen LogP) is 9.50. The lowest BCUT2D eigenvalue weighted by atomic mass is 9.44. The number of aliphatic hydroxyl groups is 3. The maximum absolute atomic E-state index is 16.0. The van der Waals surface area contributed by atoms with Crippen molar-refractivity contribution in [3.05, 3.63) is 227 Å². The van der Waals surface area contributed by atoms with Crippen molar-refractivity contribution in [1.82, 2.24) is 5.32 Å². The highest BCUT2D eigenvalue weighted by Crippen LogP contribution is 2.64. The molecule has 1 amide bonds. The number of hydrogen-bond acceptors (Lipinski definition) is 18. The number of rotatable bonds is 21. The van der Waals surface area contributed by atoms with Gasteiger partial charge in [0.1, 0.15) is 42.2 Å². The van der Waals surface area contributed by atoms with Gasteiger partial charge in [-0.3, -0.25) is 23.2 Å². The average Bonchev–Trinajstić information content (AvgIpc) is 0.691. The molecule has 9 unspecified atom stereocenters. The number of fused-ring (bicyclic) bond motifs is 5. The first kappa shape index (κ1) is 61.4. The number of aliphatic hydroxyl groups excluding tert-OH is 1. The fourth-order valence-corrected chi connectivity index (χ4v) is 13.5. The molecule has 2 bridgehead atoms. The summed E-state index contributed by atoms with van der Waals surface area (Å²) in [5.41, 5.74) is -6.08. The number of esters is 2. The van der Waals surface area contributed by atoms with Crippen LogP contribution in [-0.4, -0.2) is 106 Å². The van der Waals surface area contributed by atoms with Gasteiger partial charge in [-0.25, -0.2) is 18.9 Å². The summed E-state index contributed by atoms with van der Waals surface area (Å²) in [5.74, 6) is -5.53. The zero-order valence-electron chi connectivity index (χ0n) is 47.8.